The Hall–Kier alpha value is -1.63. The van der Waals surface area contributed by atoms with E-state index >= 15 is 0 Å². The van der Waals surface area contributed by atoms with Gasteiger partial charge < -0.3 is 19.7 Å². The zero-order valence-corrected chi connectivity index (χ0v) is 14.3. The van der Waals surface area contributed by atoms with Crippen LogP contribution in [-0.2, 0) is 10.3 Å². The number of ether oxygens (including phenoxy) is 2. The number of halogens is 1. The molecule has 2 fully saturated rings. The third kappa shape index (κ3) is 3.41. The summed E-state index contributed by atoms with van der Waals surface area (Å²) in [5.74, 6) is 1.87. The maximum Gasteiger partial charge on any atom is 0.258 e. The summed E-state index contributed by atoms with van der Waals surface area (Å²) in [6.07, 6.45) is 5.31. The lowest BCUT2D eigenvalue weighted by atomic mass is 9.77. The van der Waals surface area contributed by atoms with Crippen LogP contribution in [0, 0.1) is 0 Å². The smallest absolute Gasteiger partial charge is 0.258 e. The average molecular weight is 352 g/mol. The van der Waals surface area contributed by atoms with Gasteiger partial charge in [0.1, 0.15) is 12.4 Å². The highest BCUT2D eigenvalue weighted by atomic mass is 35.5. The first-order valence-electron chi connectivity index (χ1n) is 8.21. The molecular weight excluding hydrogens is 330 g/mol. The summed E-state index contributed by atoms with van der Waals surface area (Å²) in [6.45, 7) is 1.41. The number of nitrogens with zero attached hydrogens (tertiary/aromatic N) is 2. The van der Waals surface area contributed by atoms with Crippen LogP contribution in [0.2, 0.25) is 0 Å². The molecule has 4 rings (SSSR count). The summed E-state index contributed by atoms with van der Waals surface area (Å²) in [4.78, 5) is 4.47. The van der Waals surface area contributed by atoms with Gasteiger partial charge in [-0.05, 0) is 50.3 Å². The zero-order chi connectivity index (χ0) is 15.7. The third-order valence-electron chi connectivity index (χ3n) is 4.66. The molecule has 1 unspecified atom stereocenters. The Bertz CT molecular complexity index is 681. The highest BCUT2D eigenvalue weighted by molar-refractivity contribution is 5.85. The summed E-state index contributed by atoms with van der Waals surface area (Å²) in [6, 6.07) is 7.69. The van der Waals surface area contributed by atoms with Gasteiger partial charge in [-0.1, -0.05) is 11.2 Å². The molecule has 2 aromatic rings. The van der Waals surface area contributed by atoms with Crippen molar-refractivity contribution in [3.8, 4) is 17.2 Å². The van der Waals surface area contributed by atoms with Gasteiger partial charge in [0.2, 0.25) is 0 Å². The van der Waals surface area contributed by atoms with Crippen LogP contribution in [0.15, 0.2) is 28.8 Å². The van der Waals surface area contributed by atoms with Crippen molar-refractivity contribution < 1.29 is 14.0 Å². The Morgan fingerprint density at radius 2 is 2.17 bits per heavy atom. The van der Waals surface area contributed by atoms with Crippen molar-refractivity contribution in [1.29, 1.82) is 0 Å². The first kappa shape index (κ1) is 17.2. The molecule has 1 aromatic heterocycles. The second-order valence-electron chi connectivity index (χ2n) is 6.41. The molecular formula is C17H22ClN3O3. The molecule has 130 valence electrons. The molecule has 2 heterocycles. The number of rotatable bonds is 5. The van der Waals surface area contributed by atoms with Gasteiger partial charge >= 0.3 is 0 Å². The molecule has 1 saturated heterocycles. The molecule has 1 atom stereocenters. The van der Waals surface area contributed by atoms with E-state index in [0.717, 1.165) is 50.0 Å². The molecule has 7 heteroatoms. The quantitative estimate of drug-likeness (QED) is 0.891. The first-order chi connectivity index (χ1) is 11.2. The summed E-state index contributed by atoms with van der Waals surface area (Å²) in [5, 5.41) is 4.05. The predicted molar refractivity (Wildman–Crippen MR) is 91.2 cm³/mol. The summed E-state index contributed by atoms with van der Waals surface area (Å²) in [7, 11) is 0. The van der Waals surface area contributed by atoms with Gasteiger partial charge in [0.25, 0.3) is 5.89 Å². The molecule has 1 aromatic carbocycles. The van der Waals surface area contributed by atoms with Crippen molar-refractivity contribution >= 4 is 12.4 Å². The monoisotopic (exact) mass is 351 g/mol. The van der Waals surface area contributed by atoms with Gasteiger partial charge in [-0.2, -0.15) is 4.98 Å². The number of hydrogen-bond acceptors (Lipinski definition) is 6. The Labute approximate surface area is 147 Å². The van der Waals surface area contributed by atoms with E-state index in [2.05, 4.69) is 10.1 Å². The van der Waals surface area contributed by atoms with Gasteiger partial charge in [-0.3, -0.25) is 0 Å². The van der Waals surface area contributed by atoms with Gasteiger partial charge in [0, 0.05) is 12.2 Å². The standard InChI is InChI=1S/C17H21N3O3.ClH/c18-17(7-3-8-17)16-19-15(23-20-16)12-4-1-5-13(10-12)22-11-14-6-2-9-21-14;/h1,4-5,10,14H,2-3,6-9,11,18H2;1H. The fraction of sp³-hybridized carbons (Fsp3) is 0.529. The lowest BCUT2D eigenvalue weighted by Crippen LogP contribution is -2.44. The second kappa shape index (κ2) is 7.09. The lowest BCUT2D eigenvalue weighted by molar-refractivity contribution is 0.0680. The fourth-order valence-electron chi connectivity index (χ4n) is 3.01. The van der Waals surface area contributed by atoms with E-state index in [-0.39, 0.29) is 18.5 Å². The maximum absolute atomic E-state index is 6.24. The largest absolute Gasteiger partial charge is 0.491 e. The van der Waals surface area contributed by atoms with Crippen molar-refractivity contribution in [2.75, 3.05) is 13.2 Å². The molecule has 2 aliphatic rings. The number of aromatic nitrogens is 2. The molecule has 0 amide bonds. The fourth-order valence-corrected chi connectivity index (χ4v) is 3.01. The van der Waals surface area contributed by atoms with Crippen LogP contribution in [0.3, 0.4) is 0 Å². The molecule has 6 nitrogen and oxygen atoms in total. The van der Waals surface area contributed by atoms with Crippen LogP contribution in [-0.4, -0.2) is 29.5 Å². The van der Waals surface area contributed by atoms with Crippen molar-refractivity contribution in [3.05, 3.63) is 30.1 Å². The Morgan fingerprint density at radius 1 is 1.29 bits per heavy atom. The summed E-state index contributed by atoms with van der Waals surface area (Å²) >= 11 is 0. The number of benzene rings is 1. The Morgan fingerprint density at radius 3 is 2.88 bits per heavy atom. The van der Waals surface area contributed by atoms with Crippen LogP contribution in [0.5, 0.6) is 5.75 Å². The Balaban J connectivity index is 0.00000169. The number of nitrogens with two attached hydrogens (primary N) is 1. The summed E-state index contributed by atoms with van der Waals surface area (Å²) < 4.78 is 16.8. The molecule has 0 spiro atoms. The third-order valence-corrected chi connectivity index (χ3v) is 4.66. The second-order valence-corrected chi connectivity index (χ2v) is 6.41. The minimum atomic E-state index is -0.407. The molecule has 1 saturated carbocycles. The molecule has 0 bridgehead atoms. The topological polar surface area (TPSA) is 83.4 Å². The minimum Gasteiger partial charge on any atom is -0.491 e. The molecule has 1 aliphatic heterocycles. The van der Waals surface area contributed by atoms with E-state index < -0.39 is 5.54 Å². The van der Waals surface area contributed by atoms with Crippen molar-refractivity contribution in [1.82, 2.24) is 10.1 Å². The minimum absolute atomic E-state index is 0. The first-order valence-corrected chi connectivity index (χ1v) is 8.21. The predicted octanol–water partition coefficient (Wildman–Crippen LogP) is 3.05. The van der Waals surface area contributed by atoms with E-state index in [0.29, 0.717) is 18.3 Å². The van der Waals surface area contributed by atoms with Crippen LogP contribution >= 0.6 is 12.4 Å². The maximum atomic E-state index is 6.24. The van der Waals surface area contributed by atoms with Crippen LogP contribution in [0.1, 0.15) is 37.9 Å². The lowest BCUT2D eigenvalue weighted by Gasteiger charge is -2.34. The highest BCUT2D eigenvalue weighted by Gasteiger charge is 2.39. The van der Waals surface area contributed by atoms with Crippen LogP contribution < -0.4 is 10.5 Å². The molecule has 24 heavy (non-hydrogen) atoms. The van der Waals surface area contributed by atoms with Crippen molar-refractivity contribution in [3.63, 3.8) is 0 Å². The highest BCUT2D eigenvalue weighted by Crippen LogP contribution is 2.37. The van der Waals surface area contributed by atoms with E-state index in [1.165, 1.54) is 0 Å². The SMILES string of the molecule is Cl.NC1(c2noc(-c3cccc(OCC4CCCO4)c3)n2)CCC1. The van der Waals surface area contributed by atoms with E-state index in [1.807, 2.05) is 24.3 Å². The molecule has 1 aliphatic carbocycles. The Kier molecular flexibility index (Phi) is 5.08. The molecule has 2 N–H and O–H groups in total. The van der Waals surface area contributed by atoms with Gasteiger partial charge in [-0.25, -0.2) is 0 Å². The van der Waals surface area contributed by atoms with E-state index in [4.69, 9.17) is 19.7 Å². The zero-order valence-electron chi connectivity index (χ0n) is 13.4. The van der Waals surface area contributed by atoms with E-state index in [1.54, 1.807) is 0 Å². The van der Waals surface area contributed by atoms with Crippen molar-refractivity contribution in [2.24, 2.45) is 5.73 Å². The number of hydrogen-bond donors (Lipinski definition) is 1. The van der Waals surface area contributed by atoms with Crippen LogP contribution in [0.4, 0.5) is 0 Å². The van der Waals surface area contributed by atoms with Gasteiger partial charge in [0.05, 0.1) is 11.6 Å². The van der Waals surface area contributed by atoms with E-state index in [9.17, 15) is 0 Å². The van der Waals surface area contributed by atoms with Gasteiger partial charge in [-0.15, -0.1) is 12.4 Å². The summed E-state index contributed by atoms with van der Waals surface area (Å²) in [5.41, 5.74) is 6.68. The average Bonchev–Trinajstić information content (AvgIpc) is 3.22. The normalized spacial score (nSPS) is 21.8. The molecule has 0 radical (unpaired) electrons. The van der Waals surface area contributed by atoms with Crippen molar-refractivity contribution in [2.45, 2.75) is 43.7 Å². The van der Waals surface area contributed by atoms with Gasteiger partial charge in [0.15, 0.2) is 5.82 Å². The van der Waals surface area contributed by atoms with Crippen LogP contribution in [0.25, 0.3) is 11.5 Å².